The summed E-state index contributed by atoms with van der Waals surface area (Å²) in [6.07, 6.45) is 3.20. The molecule has 10 heteroatoms. The van der Waals surface area contributed by atoms with Gasteiger partial charge in [-0.3, -0.25) is 5.32 Å². The van der Waals surface area contributed by atoms with Crippen LogP contribution in [0.25, 0.3) is 5.65 Å². The highest BCUT2D eigenvalue weighted by molar-refractivity contribution is 5.89. The monoisotopic (exact) mass is 440 g/mol. The van der Waals surface area contributed by atoms with Crippen LogP contribution in [0, 0.1) is 17.6 Å². The van der Waals surface area contributed by atoms with E-state index in [1.807, 2.05) is 11.0 Å². The van der Waals surface area contributed by atoms with E-state index in [1.165, 1.54) is 18.3 Å². The second kappa shape index (κ2) is 6.86. The first-order valence-corrected chi connectivity index (χ1v) is 10.8. The van der Waals surface area contributed by atoms with Crippen molar-refractivity contribution in [2.24, 2.45) is 5.92 Å². The summed E-state index contributed by atoms with van der Waals surface area (Å²) in [5.74, 6) is 0.408. The topological polar surface area (TPSA) is 86.0 Å². The number of aliphatic hydroxyl groups is 1. The maximum atomic E-state index is 14.7. The molecule has 1 saturated carbocycles. The predicted octanol–water partition coefficient (Wildman–Crippen LogP) is 2.73. The minimum absolute atomic E-state index is 0.250. The first-order chi connectivity index (χ1) is 15.5. The van der Waals surface area contributed by atoms with E-state index in [2.05, 4.69) is 10.3 Å². The third-order valence-electron chi connectivity index (χ3n) is 6.96. The van der Waals surface area contributed by atoms with Crippen molar-refractivity contribution in [3.05, 3.63) is 53.7 Å². The summed E-state index contributed by atoms with van der Waals surface area (Å²) in [7, 11) is 0. The molecule has 166 valence electrons. The van der Waals surface area contributed by atoms with Gasteiger partial charge in [0.1, 0.15) is 17.5 Å². The van der Waals surface area contributed by atoms with Crippen LogP contribution in [0.4, 0.5) is 25.2 Å². The number of anilines is 2. The van der Waals surface area contributed by atoms with Crippen LogP contribution in [-0.2, 0) is 5.54 Å². The molecule has 2 saturated heterocycles. The normalized spacial score (nSPS) is 26.6. The molecule has 2 aromatic heterocycles. The number of amides is 2. The number of rotatable bonds is 3. The standard InChI is InChI=1S/C22H22F2N6O2/c23-14-1-2-17(24)16(9-14)22-10-13(22)5-8-29(22)19-4-3-18-25-11-20(30(18)27-19)26-21(32)28-7-6-15(31)12-28/h1-4,9,11,13,15,31H,5-8,10,12H2,(H,26,32)/t13-,15+,22+/m0/s1. The van der Waals surface area contributed by atoms with Crippen LogP contribution < -0.4 is 10.2 Å². The lowest BCUT2D eigenvalue weighted by Crippen LogP contribution is -2.35. The van der Waals surface area contributed by atoms with Crippen molar-refractivity contribution in [2.45, 2.75) is 30.9 Å². The molecule has 0 unspecified atom stereocenters. The van der Waals surface area contributed by atoms with E-state index in [0.29, 0.717) is 42.4 Å². The summed E-state index contributed by atoms with van der Waals surface area (Å²) in [5.41, 5.74) is 0.333. The molecule has 0 spiro atoms. The summed E-state index contributed by atoms with van der Waals surface area (Å²) < 4.78 is 30.2. The van der Waals surface area contributed by atoms with Gasteiger partial charge in [-0.1, -0.05) is 0 Å². The molecule has 1 aliphatic carbocycles. The number of nitrogens with one attached hydrogen (secondary N) is 1. The largest absolute Gasteiger partial charge is 0.391 e. The quantitative estimate of drug-likeness (QED) is 0.654. The van der Waals surface area contributed by atoms with Gasteiger partial charge in [0.15, 0.2) is 11.5 Å². The molecule has 4 heterocycles. The second-order valence-corrected chi connectivity index (χ2v) is 8.81. The van der Waals surface area contributed by atoms with Crippen molar-refractivity contribution >= 4 is 23.3 Å². The van der Waals surface area contributed by atoms with E-state index in [-0.39, 0.29) is 18.5 Å². The number of β-amino-alcohol motifs (C(OH)–C–C–N with tert-alkyl or cyclic N) is 1. The average molecular weight is 440 g/mol. The van der Waals surface area contributed by atoms with Gasteiger partial charge >= 0.3 is 6.03 Å². The highest BCUT2D eigenvalue weighted by atomic mass is 19.1. The van der Waals surface area contributed by atoms with E-state index >= 15 is 0 Å². The van der Waals surface area contributed by atoms with Gasteiger partial charge in [0.2, 0.25) is 0 Å². The Labute approximate surface area is 182 Å². The number of benzene rings is 1. The number of urea groups is 1. The predicted molar refractivity (Wildman–Crippen MR) is 112 cm³/mol. The molecule has 3 atom stereocenters. The number of carbonyl (C=O) groups excluding carboxylic acids is 1. The lowest BCUT2D eigenvalue weighted by atomic mass is 10.0. The molecule has 0 bridgehead atoms. The number of fused-ring (bicyclic) bond motifs is 2. The number of piperidine rings is 1. The number of carbonyl (C=O) groups is 1. The Bertz CT molecular complexity index is 1230. The molecule has 3 aromatic rings. The lowest BCUT2D eigenvalue weighted by molar-refractivity contribution is 0.176. The van der Waals surface area contributed by atoms with Crippen LogP contribution in [0.15, 0.2) is 36.5 Å². The van der Waals surface area contributed by atoms with Crippen LogP contribution >= 0.6 is 0 Å². The van der Waals surface area contributed by atoms with Crippen molar-refractivity contribution in [1.82, 2.24) is 19.5 Å². The van der Waals surface area contributed by atoms with Gasteiger partial charge in [0.25, 0.3) is 0 Å². The number of aromatic nitrogens is 3. The van der Waals surface area contributed by atoms with Crippen LogP contribution in [0.1, 0.15) is 24.8 Å². The first-order valence-electron chi connectivity index (χ1n) is 10.8. The minimum Gasteiger partial charge on any atom is -0.391 e. The Morgan fingerprint density at radius 2 is 2.06 bits per heavy atom. The van der Waals surface area contributed by atoms with Gasteiger partial charge in [-0.05, 0) is 55.5 Å². The van der Waals surface area contributed by atoms with Gasteiger partial charge in [-0.2, -0.15) is 4.52 Å². The summed E-state index contributed by atoms with van der Waals surface area (Å²) >= 11 is 0. The number of aliphatic hydroxyl groups excluding tert-OH is 1. The average Bonchev–Trinajstić information content (AvgIpc) is 3.10. The molecule has 3 fully saturated rings. The number of imidazole rings is 1. The fraction of sp³-hybridized carbons (Fsp3) is 0.409. The van der Waals surface area contributed by atoms with Gasteiger partial charge in [0, 0.05) is 25.2 Å². The molecule has 0 radical (unpaired) electrons. The Hall–Kier alpha value is -3.27. The molecule has 3 aliphatic rings. The molecule has 1 aromatic carbocycles. The van der Waals surface area contributed by atoms with Gasteiger partial charge < -0.3 is 14.9 Å². The van der Waals surface area contributed by atoms with E-state index in [1.54, 1.807) is 15.5 Å². The van der Waals surface area contributed by atoms with Crippen LogP contribution in [0.5, 0.6) is 0 Å². The van der Waals surface area contributed by atoms with Crippen molar-refractivity contribution in [1.29, 1.82) is 0 Å². The number of hydrogen-bond acceptors (Lipinski definition) is 5. The maximum absolute atomic E-state index is 14.7. The molecule has 6 rings (SSSR count). The molecular weight excluding hydrogens is 418 g/mol. The highest BCUT2D eigenvalue weighted by Gasteiger charge is 2.64. The number of halogens is 2. The van der Waals surface area contributed by atoms with E-state index in [0.717, 1.165) is 18.9 Å². The summed E-state index contributed by atoms with van der Waals surface area (Å²) in [6.45, 7) is 1.46. The van der Waals surface area contributed by atoms with Crippen molar-refractivity contribution in [2.75, 3.05) is 29.9 Å². The molecule has 2 aliphatic heterocycles. The molecule has 8 nitrogen and oxygen atoms in total. The Morgan fingerprint density at radius 1 is 1.19 bits per heavy atom. The smallest absolute Gasteiger partial charge is 0.323 e. The fourth-order valence-corrected chi connectivity index (χ4v) is 5.30. The number of hydrogen-bond donors (Lipinski definition) is 2. The maximum Gasteiger partial charge on any atom is 0.323 e. The zero-order valence-electron chi connectivity index (χ0n) is 17.2. The fourth-order valence-electron chi connectivity index (χ4n) is 5.30. The van der Waals surface area contributed by atoms with Gasteiger partial charge in [-0.15, -0.1) is 5.10 Å². The van der Waals surface area contributed by atoms with Crippen LogP contribution in [0.3, 0.4) is 0 Å². The molecule has 2 N–H and O–H groups in total. The highest BCUT2D eigenvalue weighted by Crippen LogP contribution is 2.63. The summed E-state index contributed by atoms with van der Waals surface area (Å²) in [4.78, 5) is 20.4. The second-order valence-electron chi connectivity index (χ2n) is 8.81. The van der Waals surface area contributed by atoms with E-state index in [4.69, 9.17) is 5.10 Å². The van der Waals surface area contributed by atoms with Crippen molar-refractivity contribution < 1.29 is 18.7 Å². The molecule has 32 heavy (non-hydrogen) atoms. The third kappa shape index (κ3) is 2.85. The Morgan fingerprint density at radius 3 is 2.84 bits per heavy atom. The van der Waals surface area contributed by atoms with Crippen LogP contribution in [0.2, 0.25) is 0 Å². The first kappa shape index (κ1) is 19.4. The van der Waals surface area contributed by atoms with Gasteiger partial charge in [0.05, 0.1) is 17.8 Å². The molecule has 2 amide bonds. The zero-order valence-corrected chi connectivity index (χ0v) is 17.2. The van der Waals surface area contributed by atoms with Crippen molar-refractivity contribution in [3.63, 3.8) is 0 Å². The number of nitrogens with zero attached hydrogens (tertiary/aromatic N) is 5. The lowest BCUT2D eigenvalue weighted by Gasteiger charge is -2.30. The Balaban J connectivity index is 1.33. The zero-order chi connectivity index (χ0) is 22.0. The van der Waals surface area contributed by atoms with Gasteiger partial charge in [-0.25, -0.2) is 18.6 Å². The van der Waals surface area contributed by atoms with Crippen molar-refractivity contribution in [3.8, 4) is 0 Å². The van der Waals surface area contributed by atoms with E-state index in [9.17, 15) is 18.7 Å². The molecular formula is C22H22F2N6O2. The minimum atomic E-state index is -0.595. The Kier molecular flexibility index (Phi) is 4.16. The van der Waals surface area contributed by atoms with Crippen LogP contribution in [-0.4, -0.2) is 56.4 Å². The third-order valence-corrected chi connectivity index (χ3v) is 6.96. The summed E-state index contributed by atoms with van der Waals surface area (Å²) in [5, 5.41) is 17.2. The SMILES string of the molecule is O=C(Nc1cnc2ccc(N3CC[C@H]4C[C@]43c3cc(F)ccc3F)nn12)N1CC[C@@H](O)C1. The number of likely N-dealkylation sites (tertiary alicyclic amines) is 1. The summed E-state index contributed by atoms with van der Waals surface area (Å²) in [6, 6.07) is 6.90. The van der Waals surface area contributed by atoms with E-state index < -0.39 is 23.3 Å².